The second-order valence-electron chi connectivity index (χ2n) is 7.72. The summed E-state index contributed by atoms with van der Waals surface area (Å²) >= 11 is 0. The number of fused-ring (bicyclic) bond motifs is 1. The minimum Gasteiger partial charge on any atom is -0.387 e. The summed E-state index contributed by atoms with van der Waals surface area (Å²) in [7, 11) is -4.64. The van der Waals surface area contributed by atoms with Crippen LogP contribution in [-0.4, -0.2) is 71.5 Å². The lowest BCUT2D eigenvalue weighted by Gasteiger charge is -2.19. The van der Waals surface area contributed by atoms with Crippen molar-refractivity contribution in [3.63, 3.8) is 0 Å². The molecule has 182 valence electrons. The van der Waals surface area contributed by atoms with E-state index in [1.54, 1.807) is 24.3 Å². The third-order valence-electron chi connectivity index (χ3n) is 5.30. The summed E-state index contributed by atoms with van der Waals surface area (Å²) in [5.74, 6) is -0.762. The lowest BCUT2D eigenvalue weighted by Crippen LogP contribution is -2.41. The largest absolute Gasteiger partial charge is 0.432 e. The quantitative estimate of drug-likeness (QED) is 0.204. The number of aromatic nitrogens is 4. The Bertz CT molecular complexity index is 1210. The van der Waals surface area contributed by atoms with Crippen LogP contribution in [0.2, 0.25) is 0 Å². The van der Waals surface area contributed by atoms with Crippen LogP contribution in [0.25, 0.3) is 11.2 Å². The van der Waals surface area contributed by atoms with Gasteiger partial charge in [0.05, 0.1) is 19.0 Å². The van der Waals surface area contributed by atoms with Gasteiger partial charge in [-0.3, -0.25) is 19.0 Å². The van der Waals surface area contributed by atoms with Crippen LogP contribution in [0, 0.1) is 0 Å². The van der Waals surface area contributed by atoms with Crippen molar-refractivity contribution in [1.29, 1.82) is 0 Å². The van der Waals surface area contributed by atoms with Crippen LogP contribution in [0.3, 0.4) is 0 Å². The Morgan fingerprint density at radius 2 is 1.97 bits per heavy atom. The van der Waals surface area contributed by atoms with Crippen LogP contribution in [-0.2, 0) is 25.0 Å². The summed E-state index contributed by atoms with van der Waals surface area (Å²) < 4.78 is 24.3. The zero-order chi connectivity index (χ0) is 24.5. The molecule has 1 amide bonds. The van der Waals surface area contributed by atoms with Gasteiger partial charge >= 0.3 is 7.75 Å². The summed E-state index contributed by atoms with van der Waals surface area (Å²) in [6, 6.07) is 7.82. The van der Waals surface area contributed by atoms with E-state index in [4.69, 9.17) is 20.7 Å². The number of nitrogen functional groups attached to an aromatic ring is 1. The number of aliphatic hydroxyl groups is 2. The summed E-state index contributed by atoms with van der Waals surface area (Å²) in [5.41, 5.74) is 12.9. The van der Waals surface area contributed by atoms with Crippen molar-refractivity contribution in [3.05, 3.63) is 48.5 Å². The Morgan fingerprint density at radius 3 is 2.71 bits per heavy atom. The van der Waals surface area contributed by atoms with Gasteiger partial charge in [-0.05, 0) is 12.0 Å². The van der Waals surface area contributed by atoms with Gasteiger partial charge in [-0.15, -0.1) is 0 Å². The third-order valence-corrected chi connectivity index (χ3v) is 6.30. The molecule has 0 spiro atoms. The van der Waals surface area contributed by atoms with Crippen molar-refractivity contribution >= 4 is 30.6 Å². The highest BCUT2D eigenvalue weighted by Gasteiger charge is 2.45. The number of rotatable bonds is 8. The molecule has 3 heterocycles. The molecule has 1 aliphatic heterocycles. The standard InChI is InChI=1S/C19H24N7O7P/c20-11(6-10-4-2-1-3-5-10)18(29)25-34(30,31)32-7-12-14(27)15(28)19(33-12)26-9-24-13-16(21)22-8-23-17(13)26/h1-5,8-9,11-12,14-15,19,27-28H,6-7,20H2,(H2,21,22,23)(H2,25,29,30,31)/t11-,12+,14+,15+,19+/m0/s1. The molecule has 34 heavy (non-hydrogen) atoms. The zero-order valence-electron chi connectivity index (χ0n) is 17.7. The molecule has 1 aromatic carbocycles. The van der Waals surface area contributed by atoms with Crippen LogP contribution in [0.5, 0.6) is 0 Å². The molecular formula is C19H24N7O7P. The van der Waals surface area contributed by atoms with E-state index >= 15 is 0 Å². The third kappa shape index (κ3) is 5.08. The topological polar surface area (TPSA) is 221 Å². The molecule has 4 rings (SSSR count). The van der Waals surface area contributed by atoms with Gasteiger partial charge in [-0.1, -0.05) is 30.3 Å². The first kappa shape index (κ1) is 24.2. The lowest BCUT2D eigenvalue weighted by molar-refractivity contribution is -0.121. The number of carbonyl (C=O) groups is 1. The van der Waals surface area contributed by atoms with Crippen LogP contribution in [0.15, 0.2) is 43.0 Å². The van der Waals surface area contributed by atoms with Crippen LogP contribution >= 0.6 is 7.75 Å². The molecular weight excluding hydrogens is 469 g/mol. The number of aliphatic hydroxyl groups excluding tert-OH is 2. The fourth-order valence-corrected chi connectivity index (χ4v) is 4.40. The van der Waals surface area contributed by atoms with Crippen molar-refractivity contribution in [2.24, 2.45) is 5.73 Å². The molecule has 6 atom stereocenters. The minimum atomic E-state index is -4.64. The number of benzene rings is 1. The maximum atomic E-state index is 12.3. The second kappa shape index (κ2) is 9.72. The highest BCUT2D eigenvalue weighted by Crippen LogP contribution is 2.39. The average Bonchev–Trinajstić information content (AvgIpc) is 3.35. The zero-order valence-corrected chi connectivity index (χ0v) is 18.6. The van der Waals surface area contributed by atoms with E-state index < -0.39 is 50.8 Å². The van der Waals surface area contributed by atoms with E-state index in [0.29, 0.717) is 0 Å². The van der Waals surface area contributed by atoms with Crippen molar-refractivity contribution in [1.82, 2.24) is 24.6 Å². The maximum absolute atomic E-state index is 12.3. The van der Waals surface area contributed by atoms with Gasteiger partial charge < -0.3 is 31.3 Å². The Hall–Kier alpha value is -2.97. The van der Waals surface area contributed by atoms with Gasteiger partial charge in [0.1, 0.15) is 30.2 Å². The molecule has 0 aliphatic carbocycles. The van der Waals surface area contributed by atoms with Gasteiger partial charge in [0.25, 0.3) is 0 Å². The van der Waals surface area contributed by atoms with Crippen molar-refractivity contribution in [2.45, 2.75) is 37.0 Å². The molecule has 1 fully saturated rings. The number of nitrogens with two attached hydrogens (primary N) is 2. The summed E-state index contributed by atoms with van der Waals surface area (Å²) in [6.45, 7) is -0.611. The number of hydrogen-bond acceptors (Lipinski definition) is 11. The van der Waals surface area contributed by atoms with Gasteiger partial charge in [0.15, 0.2) is 17.7 Å². The summed E-state index contributed by atoms with van der Waals surface area (Å²) in [6.07, 6.45) is -2.57. The highest BCUT2D eigenvalue weighted by molar-refractivity contribution is 7.51. The van der Waals surface area contributed by atoms with E-state index in [1.807, 2.05) is 11.2 Å². The van der Waals surface area contributed by atoms with Crippen LogP contribution in [0.4, 0.5) is 5.82 Å². The molecule has 2 aromatic heterocycles. The molecule has 0 radical (unpaired) electrons. The van der Waals surface area contributed by atoms with Gasteiger partial charge in [0.2, 0.25) is 5.91 Å². The number of anilines is 1. The van der Waals surface area contributed by atoms with E-state index in [2.05, 4.69) is 15.0 Å². The normalized spacial score (nSPS) is 25.2. The molecule has 1 unspecified atom stereocenters. The summed E-state index contributed by atoms with van der Waals surface area (Å²) in [5, 5.41) is 22.7. The first-order valence-corrected chi connectivity index (χ1v) is 11.8. The number of amides is 1. The number of imidazole rings is 1. The highest BCUT2D eigenvalue weighted by atomic mass is 31.2. The van der Waals surface area contributed by atoms with Crippen LogP contribution < -0.4 is 16.6 Å². The van der Waals surface area contributed by atoms with E-state index in [-0.39, 0.29) is 23.4 Å². The van der Waals surface area contributed by atoms with E-state index in [9.17, 15) is 24.5 Å². The Morgan fingerprint density at radius 1 is 1.24 bits per heavy atom. The van der Waals surface area contributed by atoms with Crippen LogP contribution in [0.1, 0.15) is 11.8 Å². The predicted octanol–water partition coefficient (Wildman–Crippen LogP) is -1.17. The van der Waals surface area contributed by atoms with Gasteiger partial charge in [0, 0.05) is 0 Å². The summed E-state index contributed by atoms with van der Waals surface area (Å²) in [4.78, 5) is 34.2. The number of nitrogens with one attached hydrogen (secondary N) is 1. The molecule has 0 saturated carbocycles. The monoisotopic (exact) mass is 493 g/mol. The van der Waals surface area contributed by atoms with Gasteiger partial charge in [-0.2, -0.15) is 0 Å². The molecule has 14 nitrogen and oxygen atoms in total. The molecule has 15 heteroatoms. The number of carbonyl (C=O) groups excluding carboxylic acids is 1. The van der Waals surface area contributed by atoms with Crippen molar-refractivity contribution in [2.75, 3.05) is 12.3 Å². The fourth-order valence-electron chi connectivity index (χ4n) is 3.54. The fraction of sp³-hybridized carbons (Fsp3) is 0.368. The van der Waals surface area contributed by atoms with Gasteiger partial charge in [-0.25, -0.2) is 19.5 Å². The Kier molecular flexibility index (Phi) is 6.91. The predicted molar refractivity (Wildman–Crippen MR) is 118 cm³/mol. The Labute approximate surface area is 193 Å². The molecule has 3 aromatic rings. The first-order valence-electron chi connectivity index (χ1n) is 10.2. The second-order valence-corrected chi connectivity index (χ2v) is 9.24. The molecule has 8 N–H and O–H groups in total. The Balaban J connectivity index is 1.36. The molecule has 1 aliphatic rings. The van der Waals surface area contributed by atoms with E-state index in [0.717, 1.165) is 5.56 Å². The molecule has 0 bridgehead atoms. The average molecular weight is 493 g/mol. The van der Waals surface area contributed by atoms with Crippen molar-refractivity contribution in [3.8, 4) is 0 Å². The van der Waals surface area contributed by atoms with E-state index in [1.165, 1.54) is 17.2 Å². The molecule has 1 saturated heterocycles. The first-order chi connectivity index (χ1) is 16.2. The number of nitrogens with zero attached hydrogens (tertiary/aromatic N) is 4. The lowest BCUT2D eigenvalue weighted by atomic mass is 10.1. The SMILES string of the molecule is Nc1ncnc2c1ncn2[C@@H]1O[C@H](COP(=O)(O)NC(=O)[C@@H](N)Cc2ccccc2)[C@@H](O)[C@H]1O. The number of hydrogen-bond donors (Lipinski definition) is 6. The minimum absolute atomic E-state index is 0.124. The van der Waals surface area contributed by atoms with Crippen molar-refractivity contribution < 1.29 is 33.7 Å². The maximum Gasteiger partial charge on any atom is 0.432 e. The number of ether oxygens (including phenoxy) is 1. The smallest absolute Gasteiger partial charge is 0.387 e.